The van der Waals surface area contributed by atoms with Crippen molar-refractivity contribution in [3.8, 4) is 5.75 Å². The number of nitrogens with zero attached hydrogens (tertiary/aromatic N) is 2. The van der Waals surface area contributed by atoms with Crippen LogP contribution in [0.25, 0.3) is 16.5 Å². The van der Waals surface area contributed by atoms with Crippen molar-refractivity contribution in [2.45, 2.75) is 4.90 Å². The summed E-state index contributed by atoms with van der Waals surface area (Å²) < 4.78 is 65.8. The molecule has 0 spiro atoms. The minimum absolute atomic E-state index is 0.0282. The zero-order chi connectivity index (χ0) is 20.4. The van der Waals surface area contributed by atoms with Gasteiger partial charge < -0.3 is 5.11 Å². The van der Waals surface area contributed by atoms with Gasteiger partial charge in [0.15, 0.2) is 5.75 Å². The fourth-order valence-corrected chi connectivity index (χ4v) is 4.46. The molecule has 0 atom stereocenters. The molecule has 1 amide bonds. The van der Waals surface area contributed by atoms with Gasteiger partial charge in [-0.3, -0.25) is 13.9 Å². The number of fused-ring (bicyclic) bond motifs is 2. The van der Waals surface area contributed by atoms with Crippen LogP contribution >= 0.6 is 0 Å². The highest BCUT2D eigenvalue weighted by molar-refractivity contribution is 7.85. The van der Waals surface area contributed by atoms with Gasteiger partial charge in [0.2, 0.25) is 0 Å². The Hall–Kier alpha value is -3.06. The van der Waals surface area contributed by atoms with E-state index in [1.165, 1.54) is 24.3 Å². The summed E-state index contributed by atoms with van der Waals surface area (Å²) in [6.45, 7) is 0. The third-order valence-corrected chi connectivity index (χ3v) is 5.94. The van der Waals surface area contributed by atoms with Crippen molar-refractivity contribution in [1.29, 1.82) is 0 Å². The molecule has 1 aliphatic heterocycles. The quantitative estimate of drug-likeness (QED) is 0.480. The van der Waals surface area contributed by atoms with E-state index < -0.39 is 42.7 Å². The second kappa shape index (κ2) is 5.72. The lowest BCUT2D eigenvalue weighted by molar-refractivity contribution is -0.112. The zero-order valence-corrected chi connectivity index (χ0v) is 15.3. The number of rotatable bonds is 3. The van der Waals surface area contributed by atoms with Gasteiger partial charge >= 0.3 is 10.3 Å². The highest BCUT2D eigenvalue weighted by Gasteiger charge is 2.31. The summed E-state index contributed by atoms with van der Waals surface area (Å²) in [6.07, 6.45) is 0. The molecule has 4 rings (SSSR count). The predicted molar refractivity (Wildman–Crippen MR) is 95.1 cm³/mol. The van der Waals surface area contributed by atoms with Crippen LogP contribution in [-0.2, 0) is 25.2 Å². The fourth-order valence-electron chi connectivity index (χ4n) is 3.14. The van der Waals surface area contributed by atoms with Gasteiger partial charge in [0.25, 0.3) is 16.0 Å². The van der Waals surface area contributed by atoms with Crippen molar-refractivity contribution in [1.82, 2.24) is 3.97 Å². The van der Waals surface area contributed by atoms with Gasteiger partial charge in [-0.2, -0.15) is 16.8 Å². The molecule has 2 aromatic carbocycles. The standard InChI is InChI=1S/C16H10N2O8S2/c19-15-10-3-1-2-4-12(10)18(28(24,25)26)14(15)13-9-6-5-8(27(21,22)23)7-11(9)17-16(13)20/h1-7,19H,(H,21,22,23)(H,24,25,26). The molecule has 0 aliphatic carbocycles. The lowest BCUT2D eigenvalue weighted by Gasteiger charge is -2.07. The van der Waals surface area contributed by atoms with Gasteiger partial charge in [0.05, 0.1) is 21.3 Å². The molecule has 0 saturated heterocycles. The SMILES string of the molecule is O=C1N=c2cc(S(=O)(=O)O)ccc2=C1c1c(O)c2ccccc2n1S(=O)(=O)O. The zero-order valence-electron chi connectivity index (χ0n) is 13.6. The Labute approximate surface area is 157 Å². The van der Waals surface area contributed by atoms with Crippen LogP contribution in [-0.4, -0.2) is 40.9 Å². The van der Waals surface area contributed by atoms with Crippen LogP contribution in [0, 0.1) is 0 Å². The maximum absolute atomic E-state index is 12.5. The van der Waals surface area contributed by atoms with Gasteiger partial charge in [-0.1, -0.05) is 18.2 Å². The maximum atomic E-state index is 12.5. The van der Waals surface area contributed by atoms with E-state index in [9.17, 15) is 31.3 Å². The second-order valence-electron chi connectivity index (χ2n) is 5.90. The Morgan fingerprint density at radius 2 is 1.64 bits per heavy atom. The normalized spacial score (nSPS) is 14.4. The van der Waals surface area contributed by atoms with E-state index in [2.05, 4.69) is 4.99 Å². The molecule has 0 unspecified atom stereocenters. The number of hydrogen-bond acceptors (Lipinski definition) is 6. The smallest absolute Gasteiger partial charge is 0.364 e. The molecular weight excluding hydrogens is 412 g/mol. The number of amides is 1. The molecular formula is C16H10N2O8S2. The van der Waals surface area contributed by atoms with E-state index >= 15 is 0 Å². The second-order valence-corrected chi connectivity index (χ2v) is 8.58. The predicted octanol–water partition coefficient (Wildman–Crippen LogP) is -0.397. The Balaban J connectivity index is 2.19. The molecule has 0 radical (unpaired) electrons. The lowest BCUT2D eigenvalue weighted by atomic mass is 10.1. The lowest BCUT2D eigenvalue weighted by Crippen LogP contribution is -2.26. The van der Waals surface area contributed by atoms with E-state index in [1.807, 2.05) is 0 Å². The Morgan fingerprint density at radius 3 is 2.29 bits per heavy atom. The maximum Gasteiger partial charge on any atom is 0.364 e. The minimum Gasteiger partial charge on any atom is -0.505 e. The Bertz CT molecular complexity index is 1530. The van der Waals surface area contributed by atoms with E-state index in [0.29, 0.717) is 3.97 Å². The number of carbonyl (C=O) groups excluding carboxylic acids is 1. The summed E-state index contributed by atoms with van der Waals surface area (Å²) in [5, 5.41) is 10.5. The van der Waals surface area contributed by atoms with E-state index in [0.717, 1.165) is 18.2 Å². The third kappa shape index (κ3) is 2.62. The summed E-state index contributed by atoms with van der Waals surface area (Å²) in [6, 6.07) is 8.81. The van der Waals surface area contributed by atoms with E-state index in [-0.39, 0.29) is 27.1 Å². The molecule has 0 saturated carbocycles. The number of aromatic hydroxyl groups is 1. The van der Waals surface area contributed by atoms with Crippen LogP contribution in [0.1, 0.15) is 5.69 Å². The number of benzene rings is 2. The van der Waals surface area contributed by atoms with Gasteiger partial charge in [0, 0.05) is 10.6 Å². The average Bonchev–Trinajstić information content (AvgIpc) is 3.07. The summed E-state index contributed by atoms with van der Waals surface area (Å²) >= 11 is 0. The van der Waals surface area contributed by atoms with Crippen LogP contribution in [0.2, 0.25) is 0 Å². The molecule has 10 nitrogen and oxygen atoms in total. The number of hydrogen-bond donors (Lipinski definition) is 3. The van der Waals surface area contributed by atoms with Crippen LogP contribution in [0.4, 0.5) is 0 Å². The number of para-hydroxylation sites is 1. The van der Waals surface area contributed by atoms with Crippen LogP contribution in [0.3, 0.4) is 0 Å². The number of carbonyl (C=O) groups is 1. The van der Waals surface area contributed by atoms with Crippen molar-refractivity contribution >= 4 is 42.8 Å². The first-order valence-electron chi connectivity index (χ1n) is 7.56. The molecule has 3 aromatic rings. The van der Waals surface area contributed by atoms with Gasteiger partial charge in [-0.15, -0.1) is 0 Å². The van der Waals surface area contributed by atoms with Crippen molar-refractivity contribution in [3.05, 3.63) is 58.7 Å². The molecule has 12 heteroatoms. The van der Waals surface area contributed by atoms with Crippen molar-refractivity contribution < 1.29 is 35.8 Å². The number of aromatic nitrogens is 1. The van der Waals surface area contributed by atoms with E-state index in [4.69, 9.17) is 4.55 Å². The highest BCUT2D eigenvalue weighted by atomic mass is 32.2. The van der Waals surface area contributed by atoms with Crippen LogP contribution < -0.4 is 10.6 Å². The van der Waals surface area contributed by atoms with Crippen molar-refractivity contribution in [2.24, 2.45) is 4.99 Å². The van der Waals surface area contributed by atoms with Crippen LogP contribution in [0.15, 0.2) is 52.4 Å². The Kier molecular flexibility index (Phi) is 3.74. The summed E-state index contributed by atoms with van der Waals surface area (Å²) in [4.78, 5) is 15.6. The first-order chi connectivity index (χ1) is 13.0. The highest BCUT2D eigenvalue weighted by Crippen LogP contribution is 2.37. The molecule has 1 aliphatic rings. The molecule has 0 bridgehead atoms. The topological polar surface area (TPSA) is 163 Å². The molecule has 3 N–H and O–H groups in total. The molecule has 1 aromatic heterocycles. The van der Waals surface area contributed by atoms with Gasteiger partial charge in [0.1, 0.15) is 5.69 Å². The van der Waals surface area contributed by atoms with Crippen molar-refractivity contribution in [2.75, 3.05) is 0 Å². The van der Waals surface area contributed by atoms with Gasteiger partial charge in [-0.25, -0.2) is 8.96 Å². The molecule has 144 valence electrons. The molecule has 2 heterocycles. The fraction of sp³-hybridized carbons (Fsp3) is 0. The monoisotopic (exact) mass is 422 g/mol. The molecule has 28 heavy (non-hydrogen) atoms. The summed E-state index contributed by atoms with van der Waals surface area (Å²) in [5.74, 6) is -1.52. The Morgan fingerprint density at radius 1 is 0.964 bits per heavy atom. The van der Waals surface area contributed by atoms with Gasteiger partial charge in [-0.05, 0) is 24.3 Å². The van der Waals surface area contributed by atoms with Crippen molar-refractivity contribution in [3.63, 3.8) is 0 Å². The molecule has 0 fully saturated rings. The van der Waals surface area contributed by atoms with Crippen LogP contribution in [0.5, 0.6) is 5.75 Å². The minimum atomic E-state index is -4.93. The summed E-state index contributed by atoms with van der Waals surface area (Å²) in [5.41, 5.74) is -0.917. The first kappa shape index (κ1) is 18.3. The third-order valence-electron chi connectivity index (χ3n) is 4.25. The first-order valence-corrected chi connectivity index (χ1v) is 10.4. The largest absolute Gasteiger partial charge is 0.505 e. The summed E-state index contributed by atoms with van der Waals surface area (Å²) in [7, 11) is -9.48. The average molecular weight is 422 g/mol. The van der Waals surface area contributed by atoms with E-state index in [1.54, 1.807) is 0 Å².